The number of hydrogen-bond acceptors (Lipinski definition) is 6. The Bertz CT molecular complexity index is 1280. The quantitative estimate of drug-likeness (QED) is 0.460. The summed E-state index contributed by atoms with van der Waals surface area (Å²) in [5.74, 6) is 0.472. The Kier molecular flexibility index (Phi) is 3.84. The molecule has 0 aliphatic carbocycles. The van der Waals surface area contributed by atoms with Gasteiger partial charge in [0.2, 0.25) is 5.95 Å². The highest BCUT2D eigenvalue weighted by Gasteiger charge is 2.23. The molecular weight excluding hydrogens is 362 g/mol. The maximum Gasteiger partial charge on any atom is 0.295 e. The second-order valence-corrected chi connectivity index (χ2v) is 7.89. The molecule has 1 aromatic carbocycles. The molecule has 9 heteroatoms. The molecule has 0 atom stereocenters. The van der Waals surface area contributed by atoms with Crippen LogP contribution in [-0.4, -0.2) is 29.8 Å². The van der Waals surface area contributed by atoms with Gasteiger partial charge in [0, 0.05) is 11.1 Å². The number of rotatable bonds is 2. The first kappa shape index (κ1) is 17.3. The summed E-state index contributed by atoms with van der Waals surface area (Å²) in [4.78, 5) is 20.3. The third-order valence-electron chi connectivity index (χ3n) is 4.25. The third-order valence-corrected chi connectivity index (χ3v) is 4.55. The zero-order valence-corrected chi connectivity index (χ0v) is 16.2. The molecule has 0 radical (unpaired) electrons. The van der Waals surface area contributed by atoms with Crippen LogP contribution in [0.3, 0.4) is 0 Å². The van der Waals surface area contributed by atoms with E-state index in [2.05, 4.69) is 30.6 Å². The van der Waals surface area contributed by atoms with Crippen LogP contribution in [0, 0.1) is 11.6 Å². The van der Waals surface area contributed by atoms with Gasteiger partial charge in [-0.05, 0) is 19.1 Å². The number of hydrogen-bond donors (Lipinski definition) is 3. The lowest BCUT2D eigenvalue weighted by Gasteiger charge is -2.14. The maximum atomic E-state index is 12.8. The molecule has 3 heterocycles. The number of aryl methyl sites for hydroxylation is 1. The Morgan fingerprint density at radius 1 is 1.15 bits per heavy atom. The van der Waals surface area contributed by atoms with Crippen molar-refractivity contribution in [2.75, 3.05) is 5.32 Å². The molecule has 4 rings (SSSR count). The number of nitrogens with zero attached hydrogens (tertiary/aromatic N) is 4. The van der Waals surface area contributed by atoms with Gasteiger partial charge < -0.3 is 10.3 Å². The summed E-state index contributed by atoms with van der Waals surface area (Å²) < 4.78 is 1.69. The van der Waals surface area contributed by atoms with Crippen molar-refractivity contribution in [1.29, 1.82) is 0 Å². The van der Waals surface area contributed by atoms with Gasteiger partial charge in [0.05, 0.1) is 0 Å². The Morgan fingerprint density at radius 3 is 2.52 bits per heavy atom. The van der Waals surface area contributed by atoms with Crippen molar-refractivity contribution >= 4 is 40.5 Å². The zero-order chi connectivity index (χ0) is 19.3. The van der Waals surface area contributed by atoms with Gasteiger partial charge in [-0.15, -0.1) is 10.2 Å². The smallest absolute Gasteiger partial charge is 0.295 e. The van der Waals surface area contributed by atoms with E-state index in [9.17, 15) is 4.79 Å². The van der Waals surface area contributed by atoms with Crippen molar-refractivity contribution in [2.45, 2.75) is 33.1 Å². The van der Waals surface area contributed by atoms with E-state index in [0.29, 0.717) is 33.0 Å². The van der Waals surface area contributed by atoms with Crippen LogP contribution in [0.25, 0.3) is 16.7 Å². The number of H-pyrrole nitrogens is 2. The molecule has 0 unspecified atom stereocenters. The first-order valence-corrected chi connectivity index (χ1v) is 8.90. The average Bonchev–Trinajstić information content (AvgIpc) is 2.96. The van der Waals surface area contributed by atoms with Gasteiger partial charge in [-0.25, -0.2) is 4.98 Å². The van der Waals surface area contributed by atoms with Crippen molar-refractivity contribution in [3.05, 3.63) is 50.5 Å². The Morgan fingerprint density at radius 2 is 1.85 bits per heavy atom. The molecule has 27 heavy (non-hydrogen) atoms. The van der Waals surface area contributed by atoms with Crippen LogP contribution in [0.5, 0.6) is 0 Å². The summed E-state index contributed by atoms with van der Waals surface area (Å²) in [6.45, 7) is 7.78. The lowest BCUT2D eigenvalue weighted by molar-refractivity contribution is 0.542. The molecule has 4 aromatic rings. The number of benzene rings is 1. The molecule has 3 N–H and O–H groups in total. The van der Waals surface area contributed by atoms with Crippen LogP contribution in [0.4, 0.5) is 11.6 Å². The molecule has 0 aliphatic heterocycles. The van der Waals surface area contributed by atoms with Crippen molar-refractivity contribution in [1.82, 2.24) is 29.8 Å². The van der Waals surface area contributed by atoms with Gasteiger partial charge in [0.15, 0.2) is 5.65 Å². The lowest BCUT2D eigenvalue weighted by Crippen LogP contribution is -2.30. The first-order valence-electron chi connectivity index (χ1n) is 8.49. The molecule has 0 bridgehead atoms. The highest BCUT2D eigenvalue weighted by molar-refractivity contribution is 7.71. The average molecular weight is 381 g/mol. The molecule has 8 nitrogen and oxygen atoms in total. The highest BCUT2D eigenvalue weighted by Crippen LogP contribution is 2.21. The Balaban J connectivity index is 1.88. The standard InChI is InChI=1S/C18H19N7OS/c1-9-5-7-10(8-6-9)19-17-20-13-11(15(27)21-17)14-23-22-12(18(2,3)4)16(26)25(14)24-13/h5-8H,1-4H3,(H3,19,20,21,24,27). The van der Waals surface area contributed by atoms with Crippen LogP contribution in [0.15, 0.2) is 29.1 Å². The van der Waals surface area contributed by atoms with Gasteiger partial charge in [0.25, 0.3) is 5.56 Å². The summed E-state index contributed by atoms with van der Waals surface area (Å²) in [7, 11) is 0. The van der Waals surface area contributed by atoms with Crippen molar-refractivity contribution in [2.24, 2.45) is 0 Å². The number of fused-ring (bicyclic) bond motifs is 3. The molecule has 0 amide bonds. The zero-order valence-electron chi connectivity index (χ0n) is 15.4. The lowest BCUT2D eigenvalue weighted by atomic mass is 9.93. The molecule has 0 saturated heterocycles. The number of aromatic nitrogens is 6. The first-order chi connectivity index (χ1) is 12.7. The summed E-state index contributed by atoms with van der Waals surface area (Å²) in [6.07, 6.45) is 0. The maximum absolute atomic E-state index is 12.8. The van der Waals surface area contributed by atoms with Crippen LogP contribution in [0.1, 0.15) is 32.0 Å². The summed E-state index contributed by atoms with van der Waals surface area (Å²) >= 11 is 5.43. The SMILES string of the molecule is Cc1ccc(Nc2nc(=S)c3c([nH]2)[nH]n2c(=O)c(C(C)(C)C)nnc32)cc1. The van der Waals surface area contributed by atoms with E-state index >= 15 is 0 Å². The fourth-order valence-electron chi connectivity index (χ4n) is 2.83. The predicted octanol–water partition coefficient (Wildman–Crippen LogP) is 3.37. The number of aromatic amines is 2. The minimum atomic E-state index is -0.417. The Labute approximate surface area is 159 Å². The van der Waals surface area contributed by atoms with E-state index < -0.39 is 5.41 Å². The third kappa shape index (κ3) is 2.99. The van der Waals surface area contributed by atoms with Crippen molar-refractivity contribution in [3.8, 4) is 0 Å². The summed E-state index contributed by atoms with van der Waals surface area (Å²) in [5.41, 5.74) is 2.67. The molecule has 3 aromatic heterocycles. The monoisotopic (exact) mass is 381 g/mol. The fourth-order valence-corrected chi connectivity index (χ4v) is 3.12. The second-order valence-electron chi connectivity index (χ2n) is 7.51. The van der Waals surface area contributed by atoms with Crippen molar-refractivity contribution in [3.63, 3.8) is 0 Å². The molecule has 0 aliphatic rings. The minimum Gasteiger partial charge on any atom is -0.326 e. The molecule has 0 fully saturated rings. The van der Waals surface area contributed by atoms with Crippen LogP contribution < -0.4 is 10.9 Å². The van der Waals surface area contributed by atoms with E-state index in [0.717, 1.165) is 5.69 Å². The van der Waals surface area contributed by atoms with Crippen LogP contribution >= 0.6 is 12.2 Å². The molecule has 0 saturated carbocycles. The van der Waals surface area contributed by atoms with E-state index in [1.165, 1.54) is 10.1 Å². The summed E-state index contributed by atoms with van der Waals surface area (Å²) in [5, 5.41) is 15.1. The van der Waals surface area contributed by atoms with Crippen molar-refractivity contribution < 1.29 is 0 Å². The molecule has 0 spiro atoms. The molecule has 138 valence electrons. The Hall–Kier alpha value is -3.07. The van der Waals surface area contributed by atoms with E-state index in [-0.39, 0.29) is 5.56 Å². The number of nitrogens with one attached hydrogen (secondary N) is 3. The van der Waals surface area contributed by atoms with Crippen LogP contribution in [-0.2, 0) is 5.41 Å². The van der Waals surface area contributed by atoms with Crippen LogP contribution in [0.2, 0.25) is 0 Å². The molecular formula is C18H19N7OS. The number of anilines is 2. The van der Waals surface area contributed by atoms with E-state index in [1.807, 2.05) is 52.0 Å². The normalized spacial score (nSPS) is 12.0. The fraction of sp³-hybridized carbons (Fsp3) is 0.278. The van der Waals surface area contributed by atoms with Gasteiger partial charge in [-0.2, -0.15) is 4.52 Å². The minimum absolute atomic E-state index is 0.250. The predicted molar refractivity (Wildman–Crippen MR) is 107 cm³/mol. The van der Waals surface area contributed by atoms with Gasteiger partial charge in [-0.1, -0.05) is 50.7 Å². The second kappa shape index (κ2) is 5.98. The van der Waals surface area contributed by atoms with E-state index in [1.54, 1.807) is 0 Å². The largest absolute Gasteiger partial charge is 0.326 e. The topological polar surface area (TPSA) is 104 Å². The highest BCUT2D eigenvalue weighted by atomic mass is 32.1. The van der Waals surface area contributed by atoms with E-state index in [4.69, 9.17) is 12.2 Å². The summed E-state index contributed by atoms with van der Waals surface area (Å²) in [6, 6.07) is 7.91. The van der Waals surface area contributed by atoms with Gasteiger partial charge >= 0.3 is 0 Å². The van der Waals surface area contributed by atoms with Gasteiger partial charge in [-0.3, -0.25) is 9.89 Å². The van der Waals surface area contributed by atoms with Gasteiger partial charge in [0.1, 0.15) is 21.4 Å².